The highest BCUT2D eigenvalue weighted by molar-refractivity contribution is 6.20. The van der Waals surface area contributed by atoms with Gasteiger partial charge in [0, 0.05) is 0 Å². The number of alkyl halides is 1. The zero-order chi connectivity index (χ0) is 27.4. The lowest BCUT2D eigenvalue weighted by atomic mass is 9.99. The van der Waals surface area contributed by atoms with Crippen LogP contribution in [0.4, 0.5) is 0 Å². The molecule has 5 rings (SSSR count). The van der Waals surface area contributed by atoms with Crippen LogP contribution >= 0.6 is 11.6 Å². The summed E-state index contributed by atoms with van der Waals surface area (Å²) in [6.45, 7) is 1.93. The van der Waals surface area contributed by atoms with Crippen LogP contribution in [-0.4, -0.2) is 36.6 Å². The number of benzene rings is 4. The van der Waals surface area contributed by atoms with Crippen molar-refractivity contribution in [3.05, 3.63) is 144 Å². The van der Waals surface area contributed by atoms with Gasteiger partial charge in [-0.05, 0) is 22.3 Å². The van der Waals surface area contributed by atoms with Crippen molar-refractivity contribution in [3.8, 4) is 0 Å². The highest BCUT2D eigenvalue weighted by atomic mass is 35.5. The van der Waals surface area contributed by atoms with E-state index in [2.05, 4.69) is 0 Å². The Morgan fingerprint density at radius 3 is 1.30 bits per heavy atom. The quantitative estimate of drug-likeness (QED) is 0.167. The maximum absolute atomic E-state index is 6.86. The molecule has 0 aliphatic carbocycles. The van der Waals surface area contributed by atoms with E-state index in [4.69, 9.17) is 35.3 Å². The molecule has 40 heavy (non-hydrogen) atoms. The lowest BCUT2D eigenvalue weighted by molar-refractivity contribution is -0.256. The number of rotatable bonds is 13. The van der Waals surface area contributed by atoms with Crippen LogP contribution in [0.25, 0.3) is 0 Å². The van der Waals surface area contributed by atoms with Crippen LogP contribution in [0.15, 0.2) is 121 Å². The molecule has 6 heteroatoms. The Labute approximate surface area is 241 Å². The highest BCUT2D eigenvalue weighted by Crippen LogP contribution is 2.32. The van der Waals surface area contributed by atoms with E-state index in [1.165, 1.54) is 0 Å². The molecular weight excluding hydrogens is 524 g/mol. The molecule has 0 spiro atoms. The maximum Gasteiger partial charge on any atom is 0.160 e. The van der Waals surface area contributed by atoms with Gasteiger partial charge in [0.25, 0.3) is 0 Å². The average Bonchev–Trinajstić information content (AvgIpc) is 3.01. The summed E-state index contributed by atoms with van der Waals surface area (Å²) in [6.07, 6.45) is -1.98. The van der Waals surface area contributed by atoms with Crippen molar-refractivity contribution in [3.63, 3.8) is 0 Å². The number of hydrogen-bond donors (Lipinski definition) is 0. The summed E-state index contributed by atoms with van der Waals surface area (Å²) in [4.78, 5) is 0. The van der Waals surface area contributed by atoms with Crippen LogP contribution < -0.4 is 0 Å². The Morgan fingerprint density at radius 1 is 0.475 bits per heavy atom. The minimum atomic E-state index is -0.744. The standard InChI is InChI=1S/C34H35ClO5/c35-34-33(39-24-29-19-11-4-12-20-29)32(38-23-28-17-9-3-10-18-28)31(37-22-27-15-7-2-8-16-27)30(40-34)25-36-21-26-13-5-1-6-14-26/h1-20,30-34H,21-25H2/t30?,31-,32?,33?,34-/m0/s1. The summed E-state index contributed by atoms with van der Waals surface area (Å²) in [5.41, 5.74) is 3.50. The minimum Gasteiger partial charge on any atom is -0.374 e. The number of ether oxygens (including phenoxy) is 5. The molecule has 5 atom stereocenters. The Balaban J connectivity index is 1.36. The fourth-order valence-corrected chi connectivity index (χ4v) is 5.08. The summed E-state index contributed by atoms with van der Waals surface area (Å²) in [5.74, 6) is 0. The topological polar surface area (TPSA) is 46.2 Å². The molecular formula is C34H35ClO5. The first-order valence-corrected chi connectivity index (χ1v) is 14.1. The third-order valence-electron chi connectivity index (χ3n) is 6.83. The lowest BCUT2D eigenvalue weighted by Gasteiger charge is -2.44. The summed E-state index contributed by atoms with van der Waals surface area (Å²) >= 11 is 6.86. The second-order valence-corrected chi connectivity index (χ2v) is 10.2. The van der Waals surface area contributed by atoms with Crippen LogP contribution in [0.3, 0.4) is 0 Å². The molecule has 0 saturated carbocycles. The molecule has 0 N–H and O–H groups in total. The molecule has 0 bridgehead atoms. The van der Waals surface area contributed by atoms with Gasteiger partial charge in [-0.25, -0.2) is 0 Å². The first kappa shape index (κ1) is 28.5. The fourth-order valence-electron chi connectivity index (χ4n) is 4.73. The molecule has 5 nitrogen and oxygen atoms in total. The van der Waals surface area contributed by atoms with Gasteiger partial charge in [-0.1, -0.05) is 133 Å². The second-order valence-electron chi connectivity index (χ2n) is 9.81. The molecule has 0 amide bonds. The molecule has 1 aliphatic heterocycles. The van der Waals surface area contributed by atoms with Crippen LogP contribution in [0.2, 0.25) is 0 Å². The summed E-state index contributed by atoms with van der Waals surface area (Å²) in [5, 5.41) is 0. The van der Waals surface area contributed by atoms with Gasteiger partial charge >= 0.3 is 0 Å². The van der Waals surface area contributed by atoms with Gasteiger partial charge in [-0.15, -0.1) is 0 Å². The molecule has 0 aromatic heterocycles. The zero-order valence-electron chi connectivity index (χ0n) is 22.4. The van der Waals surface area contributed by atoms with Gasteiger partial charge in [-0.2, -0.15) is 0 Å². The van der Waals surface area contributed by atoms with E-state index in [1.807, 2.05) is 121 Å². The van der Waals surface area contributed by atoms with Crippen LogP contribution in [-0.2, 0) is 50.1 Å². The van der Waals surface area contributed by atoms with Gasteiger partial charge in [0.05, 0.1) is 33.0 Å². The summed E-state index contributed by atoms with van der Waals surface area (Å²) < 4.78 is 31.9. The normalized spacial score (nSPS) is 22.7. The predicted octanol–water partition coefficient (Wildman–Crippen LogP) is 6.92. The van der Waals surface area contributed by atoms with E-state index < -0.39 is 30.0 Å². The van der Waals surface area contributed by atoms with Crippen molar-refractivity contribution >= 4 is 11.6 Å². The SMILES string of the molecule is Cl[C@H]1OC(COCc2ccccc2)[C@H](OCc2ccccc2)C(OCc2ccccc2)C1OCc1ccccc1. The average molecular weight is 559 g/mol. The van der Waals surface area contributed by atoms with E-state index in [0.717, 1.165) is 22.3 Å². The minimum absolute atomic E-state index is 0.300. The number of halogens is 1. The van der Waals surface area contributed by atoms with Gasteiger partial charge in [-0.3, -0.25) is 0 Å². The van der Waals surface area contributed by atoms with Crippen LogP contribution in [0.1, 0.15) is 22.3 Å². The molecule has 1 aliphatic rings. The van der Waals surface area contributed by atoms with E-state index in [0.29, 0.717) is 33.0 Å². The molecule has 4 aromatic rings. The fraction of sp³-hybridized carbons (Fsp3) is 0.294. The van der Waals surface area contributed by atoms with Crippen molar-refractivity contribution in [1.29, 1.82) is 0 Å². The summed E-state index contributed by atoms with van der Waals surface area (Å²) in [7, 11) is 0. The molecule has 4 aromatic carbocycles. The summed E-state index contributed by atoms with van der Waals surface area (Å²) in [6, 6.07) is 40.2. The van der Waals surface area contributed by atoms with Gasteiger partial charge in [0.1, 0.15) is 24.4 Å². The molecule has 1 fully saturated rings. The maximum atomic E-state index is 6.86. The van der Waals surface area contributed by atoms with Crippen molar-refractivity contribution < 1.29 is 23.7 Å². The second kappa shape index (κ2) is 15.1. The van der Waals surface area contributed by atoms with Gasteiger partial charge in [0.2, 0.25) is 0 Å². The molecule has 0 radical (unpaired) electrons. The first-order valence-electron chi connectivity index (χ1n) is 13.6. The predicted molar refractivity (Wildman–Crippen MR) is 156 cm³/mol. The Morgan fingerprint density at radius 2 is 0.850 bits per heavy atom. The van der Waals surface area contributed by atoms with Crippen LogP contribution in [0.5, 0.6) is 0 Å². The highest BCUT2D eigenvalue weighted by Gasteiger charge is 2.47. The smallest absolute Gasteiger partial charge is 0.160 e. The Hall–Kier alpha value is -3.03. The zero-order valence-corrected chi connectivity index (χ0v) is 23.1. The van der Waals surface area contributed by atoms with Crippen molar-refractivity contribution in [1.82, 2.24) is 0 Å². The van der Waals surface area contributed by atoms with E-state index in [1.54, 1.807) is 0 Å². The van der Waals surface area contributed by atoms with E-state index in [-0.39, 0.29) is 0 Å². The Kier molecular flexibility index (Phi) is 10.8. The van der Waals surface area contributed by atoms with E-state index in [9.17, 15) is 0 Å². The third-order valence-corrected chi connectivity index (χ3v) is 7.18. The van der Waals surface area contributed by atoms with Crippen LogP contribution in [0, 0.1) is 0 Å². The molecule has 208 valence electrons. The Bertz CT molecular complexity index is 1240. The van der Waals surface area contributed by atoms with Crippen molar-refractivity contribution in [2.45, 2.75) is 56.4 Å². The molecule has 3 unspecified atom stereocenters. The third kappa shape index (κ3) is 8.24. The molecule has 1 heterocycles. The molecule has 1 saturated heterocycles. The van der Waals surface area contributed by atoms with Crippen molar-refractivity contribution in [2.75, 3.05) is 6.61 Å². The lowest BCUT2D eigenvalue weighted by Crippen LogP contribution is -2.59. The van der Waals surface area contributed by atoms with E-state index >= 15 is 0 Å². The monoisotopic (exact) mass is 558 g/mol. The van der Waals surface area contributed by atoms with Crippen molar-refractivity contribution in [2.24, 2.45) is 0 Å². The van der Waals surface area contributed by atoms with Gasteiger partial charge in [0.15, 0.2) is 5.56 Å². The number of hydrogen-bond acceptors (Lipinski definition) is 5. The largest absolute Gasteiger partial charge is 0.374 e. The first-order chi connectivity index (χ1) is 19.8. The van der Waals surface area contributed by atoms with Gasteiger partial charge < -0.3 is 23.7 Å².